The molecule has 5 nitrogen and oxygen atoms in total. The van der Waals surface area contributed by atoms with E-state index in [1.165, 1.54) is 0 Å². The van der Waals surface area contributed by atoms with Gasteiger partial charge in [0.25, 0.3) is 5.91 Å². The van der Waals surface area contributed by atoms with Crippen LogP contribution < -0.4 is 15.4 Å². The van der Waals surface area contributed by atoms with Crippen LogP contribution in [-0.2, 0) is 4.79 Å². The van der Waals surface area contributed by atoms with Gasteiger partial charge in [0.05, 0.1) is 0 Å². The summed E-state index contributed by atoms with van der Waals surface area (Å²) in [6.45, 7) is 4.46. The van der Waals surface area contributed by atoms with E-state index in [4.69, 9.17) is 4.74 Å². The van der Waals surface area contributed by atoms with Gasteiger partial charge in [-0.3, -0.25) is 14.9 Å². The second kappa shape index (κ2) is 8.25. The molecule has 0 atom stereocenters. The zero-order valence-corrected chi connectivity index (χ0v) is 10.4. The third-order valence-electron chi connectivity index (χ3n) is 2.28. The Bertz CT molecular complexity index is 376. The lowest BCUT2D eigenvalue weighted by Gasteiger charge is -2.07. The number of hydrogen-bond donors (Lipinski definition) is 2. The highest BCUT2D eigenvalue weighted by molar-refractivity contribution is 5.99. The first-order chi connectivity index (χ1) is 8.77. The van der Waals surface area contributed by atoms with Gasteiger partial charge in [-0.05, 0) is 37.2 Å². The topological polar surface area (TPSA) is 67.4 Å². The molecule has 2 N–H and O–H groups in total. The normalized spacial score (nSPS) is 9.83. The van der Waals surface area contributed by atoms with E-state index >= 15 is 0 Å². The quantitative estimate of drug-likeness (QED) is 0.532. The molecule has 0 spiro atoms. The Morgan fingerprint density at radius 1 is 1.28 bits per heavy atom. The van der Waals surface area contributed by atoms with E-state index in [0.717, 1.165) is 19.5 Å². The highest BCUT2D eigenvalue weighted by atomic mass is 16.5. The lowest BCUT2D eigenvalue weighted by Crippen LogP contribution is -2.22. The van der Waals surface area contributed by atoms with Crippen LogP contribution in [0.15, 0.2) is 24.3 Å². The summed E-state index contributed by atoms with van der Waals surface area (Å²) in [5.74, 6) is 0.289. The maximum Gasteiger partial charge on any atom is 0.257 e. The number of amides is 2. The molecule has 0 fully saturated rings. The van der Waals surface area contributed by atoms with E-state index in [9.17, 15) is 9.59 Å². The molecule has 5 heteroatoms. The molecule has 0 heterocycles. The molecule has 0 radical (unpaired) electrons. The highest BCUT2D eigenvalue weighted by Gasteiger charge is 2.03. The SMILES string of the molecule is CCCNCCOc1ccc(C(=O)NC=O)cc1. The molecule has 0 aliphatic heterocycles. The first-order valence-corrected chi connectivity index (χ1v) is 5.96. The van der Waals surface area contributed by atoms with Crippen molar-refractivity contribution in [3.8, 4) is 5.75 Å². The van der Waals surface area contributed by atoms with E-state index in [2.05, 4.69) is 17.6 Å². The molecule has 0 aliphatic rings. The number of ether oxygens (including phenoxy) is 1. The van der Waals surface area contributed by atoms with Crippen molar-refractivity contribution in [1.82, 2.24) is 10.6 Å². The van der Waals surface area contributed by atoms with Gasteiger partial charge in [0.2, 0.25) is 6.41 Å². The average molecular weight is 250 g/mol. The van der Waals surface area contributed by atoms with E-state index in [-0.39, 0.29) is 0 Å². The van der Waals surface area contributed by atoms with Crippen LogP contribution in [-0.4, -0.2) is 32.0 Å². The number of carbonyl (C=O) groups is 2. The van der Waals surface area contributed by atoms with Crippen LogP contribution in [0.25, 0.3) is 0 Å². The summed E-state index contributed by atoms with van der Waals surface area (Å²) in [6.07, 6.45) is 1.46. The Labute approximate surface area is 107 Å². The summed E-state index contributed by atoms with van der Waals surface area (Å²) in [4.78, 5) is 21.4. The third kappa shape index (κ3) is 4.97. The largest absolute Gasteiger partial charge is 0.492 e. The van der Waals surface area contributed by atoms with Gasteiger partial charge in [-0.15, -0.1) is 0 Å². The van der Waals surface area contributed by atoms with Gasteiger partial charge in [0.1, 0.15) is 12.4 Å². The van der Waals surface area contributed by atoms with E-state index < -0.39 is 5.91 Å². The minimum absolute atomic E-state index is 0.367. The highest BCUT2D eigenvalue weighted by Crippen LogP contribution is 2.11. The molecule has 1 aromatic carbocycles. The molecule has 0 aromatic heterocycles. The van der Waals surface area contributed by atoms with Crippen molar-refractivity contribution < 1.29 is 14.3 Å². The number of carbonyl (C=O) groups excluding carboxylic acids is 2. The van der Waals surface area contributed by atoms with Crippen LogP contribution in [0.4, 0.5) is 0 Å². The van der Waals surface area contributed by atoms with Crippen molar-refractivity contribution in [1.29, 1.82) is 0 Å². The Hall–Kier alpha value is -1.88. The summed E-state index contributed by atoms with van der Waals surface area (Å²) in [6, 6.07) is 6.65. The first-order valence-electron chi connectivity index (χ1n) is 5.96. The number of benzene rings is 1. The fourth-order valence-electron chi connectivity index (χ4n) is 1.38. The van der Waals surface area contributed by atoms with E-state index in [1.807, 2.05) is 0 Å². The molecule has 1 rings (SSSR count). The van der Waals surface area contributed by atoms with Crippen LogP contribution in [0, 0.1) is 0 Å². The summed E-state index contributed by atoms with van der Waals surface area (Å²) in [7, 11) is 0. The van der Waals surface area contributed by atoms with Crippen LogP contribution in [0.3, 0.4) is 0 Å². The zero-order valence-electron chi connectivity index (χ0n) is 10.4. The molecule has 2 amide bonds. The summed E-state index contributed by atoms with van der Waals surface area (Å²) in [5.41, 5.74) is 0.429. The van der Waals surface area contributed by atoms with Gasteiger partial charge in [-0.1, -0.05) is 6.92 Å². The number of hydrogen-bond acceptors (Lipinski definition) is 4. The lowest BCUT2D eigenvalue weighted by atomic mass is 10.2. The molecular formula is C13H18N2O3. The minimum atomic E-state index is -0.416. The smallest absolute Gasteiger partial charge is 0.257 e. The van der Waals surface area contributed by atoms with Crippen molar-refractivity contribution in [3.05, 3.63) is 29.8 Å². The van der Waals surface area contributed by atoms with Crippen molar-refractivity contribution >= 4 is 12.3 Å². The van der Waals surface area contributed by atoms with Gasteiger partial charge in [0.15, 0.2) is 0 Å². The molecule has 0 saturated heterocycles. The Balaban J connectivity index is 2.36. The average Bonchev–Trinajstić information content (AvgIpc) is 2.39. The zero-order chi connectivity index (χ0) is 13.2. The molecular weight excluding hydrogens is 232 g/mol. The summed E-state index contributed by atoms with van der Waals surface area (Å²) in [5, 5.41) is 5.30. The minimum Gasteiger partial charge on any atom is -0.492 e. The molecule has 0 aliphatic carbocycles. The molecule has 0 bridgehead atoms. The maximum absolute atomic E-state index is 11.3. The van der Waals surface area contributed by atoms with Gasteiger partial charge >= 0.3 is 0 Å². The number of nitrogens with one attached hydrogen (secondary N) is 2. The van der Waals surface area contributed by atoms with Crippen molar-refractivity contribution in [3.63, 3.8) is 0 Å². The van der Waals surface area contributed by atoms with Crippen LogP contribution in [0.5, 0.6) is 5.75 Å². The standard InChI is InChI=1S/C13H18N2O3/c1-2-7-14-8-9-18-12-5-3-11(4-6-12)13(17)15-10-16/h3-6,10,14H,2,7-9H2,1H3,(H,15,16,17). The van der Waals surface area contributed by atoms with Crippen molar-refractivity contribution in [2.45, 2.75) is 13.3 Å². The van der Waals surface area contributed by atoms with E-state index in [0.29, 0.717) is 24.3 Å². The lowest BCUT2D eigenvalue weighted by molar-refractivity contribution is -0.108. The first kappa shape index (κ1) is 14.2. The van der Waals surface area contributed by atoms with Gasteiger partial charge < -0.3 is 10.1 Å². The predicted molar refractivity (Wildman–Crippen MR) is 68.6 cm³/mol. The maximum atomic E-state index is 11.3. The molecule has 0 saturated carbocycles. The summed E-state index contributed by atoms with van der Waals surface area (Å²) >= 11 is 0. The molecule has 18 heavy (non-hydrogen) atoms. The Morgan fingerprint density at radius 2 is 2.00 bits per heavy atom. The summed E-state index contributed by atoms with van der Waals surface area (Å²) < 4.78 is 5.48. The van der Waals surface area contributed by atoms with Crippen LogP contribution in [0.1, 0.15) is 23.7 Å². The van der Waals surface area contributed by atoms with E-state index in [1.54, 1.807) is 24.3 Å². The molecule has 98 valence electrons. The van der Waals surface area contributed by atoms with Crippen LogP contribution in [0.2, 0.25) is 0 Å². The second-order valence-electron chi connectivity index (χ2n) is 3.71. The van der Waals surface area contributed by atoms with Gasteiger partial charge in [0, 0.05) is 12.1 Å². The molecule has 0 unspecified atom stereocenters. The number of imide groups is 1. The Morgan fingerprint density at radius 3 is 2.61 bits per heavy atom. The fraction of sp³-hybridized carbons (Fsp3) is 0.385. The molecule has 1 aromatic rings. The van der Waals surface area contributed by atoms with Gasteiger partial charge in [-0.2, -0.15) is 0 Å². The van der Waals surface area contributed by atoms with Crippen molar-refractivity contribution in [2.75, 3.05) is 19.7 Å². The third-order valence-corrected chi connectivity index (χ3v) is 2.28. The number of rotatable bonds is 8. The van der Waals surface area contributed by atoms with Gasteiger partial charge in [-0.25, -0.2) is 0 Å². The second-order valence-corrected chi connectivity index (χ2v) is 3.71. The fourth-order valence-corrected chi connectivity index (χ4v) is 1.38. The monoisotopic (exact) mass is 250 g/mol. The van der Waals surface area contributed by atoms with Crippen molar-refractivity contribution in [2.24, 2.45) is 0 Å². The van der Waals surface area contributed by atoms with Crippen LogP contribution >= 0.6 is 0 Å². The predicted octanol–water partition coefficient (Wildman–Crippen LogP) is 0.951. The Kier molecular flexibility index (Phi) is 6.50.